The van der Waals surface area contributed by atoms with E-state index >= 15 is 0 Å². The van der Waals surface area contributed by atoms with Gasteiger partial charge in [-0.3, -0.25) is 9.78 Å². The number of carbonyl (C=O) groups excluding carboxylic acids is 1. The van der Waals surface area contributed by atoms with Crippen molar-refractivity contribution in [2.45, 2.75) is 49.0 Å². The quantitative estimate of drug-likeness (QED) is 0.431. The van der Waals surface area contributed by atoms with Crippen molar-refractivity contribution in [3.05, 3.63) is 71.9 Å². The van der Waals surface area contributed by atoms with E-state index in [0.29, 0.717) is 29.3 Å². The Morgan fingerprint density at radius 2 is 1.83 bits per heavy atom. The number of ketones is 1. The van der Waals surface area contributed by atoms with E-state index in [1.54, 1.807) is 19.1 Å². The van der Waals surface area contributed by atoms with Gasteiger partial charge in [-0.05, 0) is 61.2 Å². The average Bonchev–Trinajstić information content (AvgIpc) is 3.58. The zero-order valence-corrected chi connectivity index (χ0v) is 20.8. The lowest BCUT2D eigenvalue weighted by Gasteiger charge is -2.15. The van der Waals surface area contributed by atoms with Crippen LogP contribution in [0.5, 0.6) is 11.5 Å². The second-order valence-corrected chi connectivity index (χ2v) is 11.0. The zero-order valence-electron chi connectivity index (χ0n) is 19.9. The van der Waals surface area contributed by atoms with Gasteiger partial charge in [0.25, 0.3) is 0 Å². The zero-order chi connectivity index (χ0) is 25.3. The van der Waals surface area contributed by atoms with Gasteiger partial charge in [-0.2, -0.15) is 0 Å². The maximum atomic E-state index is 13.3. The first-order valence-corrected chi connectivity index (χ1v) is 13.5. The second-order valence-electron chi connectivity index (χ2n) is 9.20. The Hall–Kier alpha value is -3.27. The molecule has 0 amide bonds. The molecule has 2 N–H and O–H groups in total. The number of benzene rings is 2. The molecule has 36 heavy (non-hydrogen) atoms. The van der Waals surface area contributed by atoms with Crippen molar-refractivity contribution in [2.24, 2.45) is 0 Å². The van der Waals surface area contributed by atoms with E-state index in [2.05, 4.69) is 9.71 Å². The number of carbonyl (C=O) groups is 1. The van der Waals surface area contributed by atoms with E-state index < -0.39 is 21.5 Å². The molecule has 8 nitrogen and oxygen atoms in total. The van der Waals surface area contributed by atoms with Crippen molar-refractivity contribution in [3.8, 4) is 22.8 Å². The lowest BCUT2D eigenvalue weighted by atomic mass is 9.88. The van der Waals surface area contributed by atoms with Crippen LogP contribution in [-0.4, -0.2) is 43.7 Å². The molecule has 3 aromatic rings. The Labute approximate surface area is 210 Å². The normalized spacial score (nSPS) is 16.5. The van der Waals surface area contributed by atoms with Gasteiger partial charge < -0.3 is 14.6 Å². The number of aliphatic hydroxyl groups is 1. The Bertz CT molecular complexity index is 1380. The molecule has 0 spiro atoms. The number of pyridine rings is 1. The first-order valence-electron chi connectivity index (χ1n) is 12.0. The van der Waals surface area contributed by atoms with Gasteiger partial charge in [-0.15, -0.1) is 0 Å². The fourth-order valence-electron chi connectivity index (χ4n) is 4.36. The third-order valence-corrected chi connectivity index (χ3v) is 8.24. The molecule has 0 radical (unpaired) electrons. The smallest absolute Gasteiger partial charge is 0.240 e. The topological polar surface area (TPSA) is 115 Å². The summed E-state index contributed by atoms with van der Waals surface area (Å²) >= 11 is 0. The highest BCUT2D eigenvalue weighted by molar-refractivity contribution is 7.89. The van der Waals surface area contributed by atoms with Gasteiger partial charge in [0.05, 0.1) is 22.1 Å². The number of hydrogen-bond acceptors (Lipinski definition) is 7. The van der Waals surface area contributed by atoms with Crippen LogP contribution in [0, 0.1) is 0 Å². The van der Waals surface area contributed by atoms with Crippen LogP contribution >= 0.6 is 0 Å². The van der Waals surface area contributed by atoms with Gasteiger partial charge in [0, 0.05) is 24.2 Å². The van der Waals surface area contributed by atoms with Crippen LogP contribution in [0.1, 0.15) is 37.4 Å². The Morgan fingerprint density at radius 3 is 2.56 bits per heavy atom. The average molecular weight is 509 g/mol. The largest absolute Gasteiger partial charge is 0.454 e. The number of sulfonamides is 1. The number of nitrogens with zero attached hydrogens (tertiary/aromatic N) is 1. The van der Waals surface area contributed by atoms with Crippen LogP contribution in [0.15, 0.2) is 65.6 Å². The van der Waals surface area contributed by atoms with Gasteiger partial charge in [-0.1, -0.05) is 31.2 Å². The number of hydrogen-bond donors (Lipinski definition) is 2. The van der Waals surface area contributed by atoms with Crippen molar-refractivity contribution in [1.29, 1.82) is 0 Å². The highest BCUT2D eigenvalue weighted by Crippen LogP contribution is 2.51. The third-order valence-electron chi connectivity index (χ3n) is 6.80. The van der Waals surface area contributed by atoms with Gasteiger partial charge in [-0.25, -0.2) is 13.1 Å². The summed E-state index contributed by atoms with van der Waals surface area (Å²) in [5.41, 5.74) is 2.51. The summed E-state index contributed by atoms with van der Waals surface area (Å²) in [6.07, 6.45) is 1.53. The Balaban J connectivity index is 1.29. The summed E-state index contributed by atoms with van der Waals surface area (Å²) in [7, 11) is -3.72. The molecule has 1 unspecified atom stereocenters. The molecule has 5 rings (SSSR count). The van der Waals surface area contributed by atoms with Crippen molar-refractivity contribution < 1.29 is 27.8 Å². The third kappa shape index (κ3) is 4.86. The van der Waals surface area contributed by atoms with Crippen molar-refractivity contribution in [2.75, 3.05) is 13.3 Å². The summed E-state index contributed by atoms with van der Waals surface area (Å²) in [6, 6.07) is 17.6. The molecule has 1 aromatic heterocycles. The number of ether oxygens (including phenoxy) is 2. The van der Waals surface area contributed by atoms with E-state index in [1.165, 1.54) is 12.1 Å². The number of rotatable bonds is 10. The minimum Gasteiger partial charge on any atom is -0.454 e. The van der Waals surface area contributed by atoms with E-state index in [-0.39, 0.29) is 30.4 Å². The number of nitrogens with one attached hydrogen (secondary N) is 1. The summed E-state index contributed by atoms with van der Waals surface area (Å²) < 4.78 is 38.2. The maximum absolute atomic E-state index is 13.3. The highest BCUT2D eigenvalue weighted by atomic mass is 32.2. The molecule has 1 saturated carbocycles. The van der Waals surface area contributed by atoms with Gasteiger partial charge in [0.2, 0.25) is 16.8 Å². The predicted octanol–water partition coefficient (Wildman–Crippen LogP) is 3.37. The first-order chi connectivity index (χ1) is 17.3. The van der Waals surface area contributed by atoms with Crippen molar-refractivity contribution in [1.82, 2.24) is 9.71 Å². The summed E-state index contributed by atoms with van der Waals surface area (Å²) in [5, 5.41) is 9.64. The summed E-state index contributed by atoms with van der Waals surface area (Å²) in [6.45, 7) is 1.94. The van der Waals surface area contributed by atoms with E-state index in [1.807, 2.05) is 36.4 Å². The number of aromatic nitrogens is 1. The van der Waals surface area contributed by atoms with E-state index in [4.69, 9.17) is 9.47 Å². The second kappa shape index (κ2) is 9.65. The summed E-state index contributed by atoms with van der Waals surface area (Å²) in [5.74, 6) is 1.49. The molecular weight excluding hydrogens is 480 g/mol. The van der Waals surface area contributed by atoms with Crippen LogP contribution in [-0.2, 0) is 26.7 Å². The predicted molar refractivity (Wildman–Crippen MR) is 133 cm³/mol. The van der Waals surface area contributed by atoms with Gasteiger partial charge in [0.1, 0.15) is 5.78 Å². The lowest BCUT2D eigenvalue weighted by molar-refractivity contribution is -0.120. The summed E-state index contributed by atoms with van der Waals surface area (Å²) in [4.78, 5) is 18.1. The number of Topliss-reactive ketones (excluding diaryl/α,β-unsaturated/α-hetero) is 1. The van der Waals surface area contributed by atoms with Crippen LogP contribution in [0.25, 0.3) is 11.3 Å². The molecule has 1 aliphatic carbocycles. The number of aliphatic hydroxyl groups excluding tert-OH is 1. The standard InChI is InChI=1S/C27H28N2O6S/c1-2-21(30)16-28-36(32,33)22-9-6-18(7-10-22)23-5-3-4-20(29-23)15-26(31)27(12-13-27)19-8-11-24-25(14-19)35-17-34-24/h3-11,14,21,28,30H,2,12-13,15-17H2,1H3. The van der Waals surface area contributed by atoms with Crippen molar-refractivity contribution in [3.63, 3.8) is 0 Å². The molecule has 1 atom stereocenters. The van der Waals surface area contributed by atoms with E-state index in [0.717, 1.165) is 24.0 Å². The fourth-order valence-corrected chi connectivity index (χ4v) is 5.43. The molecule has 2 aromatic carbocycles. The Kier molecular flexibility index (Phi) is 6.55. The SMILES string of the molecule is CCC(O)CNS(=O)(=O)c1ccc(-c2cccc(CC(=O)C3(c4ccc5c(c4)OCO5)CC3)n2)cc1. The van der Waals surface area contributed by atoms with Crippen LogP contribution < -0.4 is 14.2 Å². The molecule has 2 heterocycles. The van der Waals surface area contributed by atoms with Crippen LogP contribution in [0.2, 0.25) is 0 Å². The van der Waals surface area contributed by atoms with Crippen molar-refractivity contribution >= 4 is 15.8 Å². The van der Waals surface area contributed by atoms with Gasteiger partial charge in [0.15, 0.2) is 11.5 Å². The fraction of sp³-hybridized carbons (Fsp3) is 0.333. The first kappa shape index (κ1) is 24.4. The van der Waals surface area contributed by atoms with Gasteiger partial charge >= 0.3 is 0 Å². The van der Waals surface area contributed by atoms with E-state index in [9.17, 15) is 18.3 Å². The molecule has 0 bridgehead atoms. The Morgan fingerprint density at radius 1 is 1.08 bits per heavy atom. The molecule has 188 valence electrons. The highest BCUT2D eigenvalue weighted by Gasteiger charge is 2.51. The molecule has 0 saturated heterocycles. The minimum atomic E-state index is -3.72. The molecule has 2 aliphatic rings. The minimum absolute atomic E-state index is 0.0358. The molecular formula is C27H28N2O6S. The van der Waals surface area contributed by atoms with Crippen LogP contribution in [0.3, 0.4) is 0 Å². The lowest BCUT2D eigenvalue weighted by Crippen LogP contribution is -2.31. The molecule has 1 fully saturated rings. The molecule has 1 aliphatic heterocycles. The molecule has 9 heteroatoms. The monoisotopic (exact) mass is 508 g/mol. The number of fused-ring (bicyclic) bond motifs is 1. The maximum Gasteiger partial charge on any atom is 0.240 e. The van der Waals surface area contributed by atoms with Crippen LogP contribution in [0.4, 0.5) is 0 Å².